The standard InChI is InChI=1S/C11H16N4S/c1-2-15-9-13-8-10(15)7-12-4-3-11-14-5-6-16-11/h5-6,8-9,12H,2-4,7H2,1H3. The number of rotatable bonds is 6. The fourth-order valence-corrected chi connectivity index (χ4v) is 2.19. The second-order valence-corrected chi connectivity index (χ2v) is 4.50. The van der Waals surface area contributed by atoms with Crippen LogP contribution in [0.2, 0.25) is 0 Å². The van der Waals surface area contributed by atoms with Crippen molar-refractivity contribution < 1.29 is 0 Å². The Kier molecular flexibility index (Phi) is 4.07. The molecule has 5 heteroatoms. The van der Waals surface area contributed by atoms with Crippen molar-refractivity contribution in [1.29, 1.82) is 0 Å². The van der Waals surface area contributed by atoms with Crippen LogP contribution >= 0.6 is 11.3 Å². The van der Waals surface area contributed by atoms with E-state index in [1.165, 1.54) is 10.7 Å². The first-order chi connectivity index (χ1) is 7.90. The van der Waals surface area contributed by atoms with Crippen LogP contribution in [-0.4, -0.2) is 21.1 Å². The molecule has 0 aliphatic carbocycles. The molecule has 86 valence electrons. The van der Waals surface area contributed by atoms with Gasteiger partial charge in [-0.05, 0) is 6.92 Å². The maximum Gasteiger partial charge on any atom is 0.0948 e. The third-order valence-electron chi connectivity index (χ3n) is 2.44. The lowest BCUT2D eigenvalue weighted by Gasteiger charge is -2.06. The lowest BCUT2D eigenvalue weighted by atomic mass is 10.4. The monoisotopic (exact) mass is 236 g/mol. The summed E-state index contributed by atoms with van der Waals surface area (Å²) in [6, 6.07) is 0. The summed E-state index contributed by atoms with van der Waals surface area (Å²) in [4.78, 5) is 8.38. The summed E-state index contributed by atoms with van der Waals surface area (Å²) in [5, 5.41) is 6.61. The van der Waals surface area contributed by atoms with Gasteiger partial charge >= 0.3 is 0 Å². The summed E-state index contributed by atoms with van der Waals surface area (Å²) in [5.74, 6) is 0. The molecule has 0 atom stereocenters. The van der Waals surface area contributed by atoms with Crippen LogP contribution in [-0.2, 0) is 19.5 Å². The fraction of sp³-hybridized carbons (Fsp3) is 0.455. The van der Waals surface area contributed by atoms with Gasteiger partial charge < -0.3 is 9.88 Å². The highest BCUT2D eigenvalue weighted by Gasteiger charge is 2.00. The molecule has 0 amide bonds. The maximum atomic E-state index is 4.25. The van der Waals surface area contributed by atoms with Gasteiger partial charge in [0, 0.05) is 43.8 Å². The molecule has 2 heterocycles. The number of hydrogen-bond donors (Lipinski definition) is 1. The number of nitrogens with one attached hydrogen (secondary N) is 1. The van der Waals surface area contributed by atoms with E-state index in [2.05, 4.69) is 26.8 Å². The molecule has 0 fully saturated rings. The molecular weight excluding hydrogens is 220 g/mol. The second kappa shape index (κ2) is 5.77. The van der Waals surface area contributed by atoms with Crippen LogP contribution in [0.4, 0.5) is 0 Å². The molecule has 0 saturated heterocycles. The van der Waals surface area contributed by atoms with E-state index >= 15 is 0 Å². The minimum atomic E-state index is 0.874. The summed E-state index contributed by atoms with van der Waals surface area (Å²) in [7, 11) is 0. The molecular formula is C11H16N4S. The second-order valence-electron chi connectivity index (χ2n) is 3.52. The van der Waals surface area contributed by atoms with Crippen LogP contribution < -0.4 is 5.32 Å². The van der Waals surface area contributed by atoms with E-state index in [9.17, 15) is 0 Å². The van der Waals surface area contributed by atoms with Gasteiger partial charge in [-0.25, -0.2) is 9.97 Å². The SMILES string of the molecule is CCn1cncc1CNCCc1nccs1. The highest BCUT2D eigenvalue weighted by molar-refractivity contribution is 7.09. The van der Waals surface area contributed by atoms with Crippen LogP contribution in [0.5, 0.6) is 0 Å². The molecule has 0 spiro atoms. The van der Waals surface area contributed by atoms with E-state index in [1.54, 1.807) is 11.3 Å². The van der Waals surface area contributed by atoms with Gasteiger partial charge in [0.15, 0.2) is 0 Å². The molecule has 2 aromatic rings. The summed E-state index contributed by atoms with van der Waals surface area (Å²) >= 11 is 1.71. The van der Waals surface area contributed by atoms with Gasteiger partial charge in [-0.1, -0.05) is 0 Å². The molecule has 2 aromatic heterocycles. The van der Waals surface area contributed by atoms with E-state index in [-0.39, 0.29) is 0 Å². The van der Waals surface area contributed by atoms with Crippen LogP contribution in [0.1, 0.15) is 17.6 Å². The van der Waals surface area contributed by atoms with Gasteiger partial charge in [0.2, 0.25) is 0 Å². The molecule has 1 N–H and O–H groups in total. The van der Waals surface area contributed by atoms with Crippen LogP contribution in [0.3, 0.4) is 0 Å². The average molecular weight is 236 g/mol. The van der Waals surface area contributed by atoms with Crippen molar-refractivity contribution in [3.63, 3.8) is 0 Å². The molecule has 0 aromatic carbocycles. The largest absolute Gasteiger partial charge is 0.334 e. The number of aryl methyl sites for hydroxylation is 1. The van der Waals surface area contributed by atoms with E-state index in [0.29, 0.717) is 0 Å². The zero-order chi connectivity index (χ0) is 11.2. The first-order valence-corrected chi connectivity index (χ1v) is 6.36. The highest BCUT2D eigenvalue weighted by Crippen LogP contribution is 2.04. The molecule has 0 unspecified atom stereocenters. The molecule has 16 heavy (non-hydrogen) atoms. The number of thiazole rings is 1. The summed E-state index contributed by atoms with van der Waals surface area (Å²) in [6.07, 6.45) is 6.64. The number of aromatic nitrogens is 3. The summed E-state index contributed by atoms with van der Waals surface area (Å²) < 4.78 is 2.15. The Morgan fingerprint density at radius 3 is 3.19 bits per heavy atom. The van der Waals surface area contributed by atoms with Crippen LogP contribution in [0.15, 0.2) is 24.1 Å². The number of nitrogens with zero attached hydrogens (tertiary/aromatic N) is 3. The molecule has 0 saturated carbocycles. The van der Waals surface area contributed by atoms with Gasteiger partial charge in [0.1, 0.15) is 0 Å². The summed E-state index contributed by atoms with van der Waals surface area (Å²) in [5.41, 5.74) is 1.24. The topological polar surface area (TPSA) is 42.7 Å². The Balaban J connectivity index is 1.72. The summed E-state index contributed by atoms with van der Waals surface area (Å²) in [6.45, 7) is 4.94. The smallest absolute Gasteiger partial charge is 0.0948 e. The maximum absolute atomic E-state index is 4.25. The Labute approximate surface area is 99.4 Å². The molecule has 4 nitrogen and oxygen atoms in total. The van der Waals surface area contributed by atoms with Crippen molar-refractivity contribution >= 4 is 11.3 Å². The first-order valence-electron chi connectivity index (χ1n) is 5.48. The van der Waals surface area contributed by atoms with Gasteiger partial charge in [0.05, 0.1) is 17.0 Å². The molecule has 0 radical (unpaired) electrons. The van der Waals surface area contributed by atoms with E-state index in [0.717, 1.165) is 26.1 Å². The normalized spacial score (nSPS) is 10.8. The molecule has 2 rings (SSSR count). The minimum absolute atomic E-state index is 0.874. The third kappa shape index (κ3) is 2.90. The lowest BCUT2D eigenvalue weighted by Crippen LogP contribution is -2.18. The van der Waals surface area contributed by atoms with E-state index < -0.39 is 0 Å². The average Bonchev–Trinajstić information content (AvgIpc) is 2.95. The molecule has 0 aliphatic heterocycles. The van der Waals surface area contributed by atoms with Crippen LogP contribution in [0.25, 0.3) is 0 Å². The molecule has 0 bridgehead atoms. The number of hydrogen-bond acceptors (Lipinski definition) is 4. The van der Waals surface area contributed by atoms with Crippen molar-refractivity contribution in [3.05, 3.63) is 34.8 Å². The van der Waals surface area contributed by atoms with Crippen molar-refractivity contribution in [2.75, 3.05) is 6.54 Å². The van der Waals surface area contributed by atoms with Gasteiger partial charge in [-0.3, -0.25) is 0 Å². The quantitative estimate of drug-likeness (QED) is 0.776. The van der Waals surface area contributed by atoms with Crippen molar-refractivity contribution in [1.82, 2.24) is 19.9 Å². The van der Waals surface area contributed by atoms with E-state index in [1.807, 2.05) is 24.1 Å². The Bertz CT molecular complexity index is 407. The predicted octanol–water partition coefficient (Wildman–Crippen LogP) is 1.69. The zero-order valence-corrected chi connectivity index (χ0v) is 10.2. The third-order valence-corrected chi connectivity index (χ3v) is 3.28. The minimum Gasteiger partial charge on any atom is -0.334 e. The van der Waals surface area contributed by atoms with Gasteiger partial charge in [-0.2, -0.15) is 0 Å². The zero-order valence-electron chi connectivity index (χ0n) is 9.39. The molecule has 0 aliphatic rings. The Morgan fingerprint density at radius 1 is 1.50 bits per heavy atom. The highest BCUT2D eigenvalue weighted by atomic mass is 32.1. The Hall–Kier alpha value is -1.20. The predicted molar refractivity (Wildman–Crippen MR) is 65.4 cm³/mol. The van der Waals surface area contributed by atoms with Gasteiger partial charge in [0.25, 0.3) is 0 Å². The van der Waals surface area contributed by atoms with E-state index in [4.69, 9.17) is 0 Å². The number of imidazole rings is 1. The first kappa shape index (κ1) is 11.3. The van der Waals surface area contributed by atoms with Crippen molar-refractivity contribution in [2.24, 2.45) is 0 Å². The Morgan fingerprint density at radius 2 is 2.44 bits per heavy atom. The van der Waals surface area contributed by atoms with Crippen molar-refractivity contribution in [2.45, 2.75) is 26.4 Å². The lowest BCUT2D eigenvalue weighted by molar-refractivity contribution is 0.627. The van der Waals surface area contributed by atoms with Crippen molar-refractivity contribution in [3.8, 4) is 0 Å². The van der Waals surface area contributed by atoms with Gasteiger partial charge in [-0.15, -0.1) is 11.3 Å². The fourth-order valence-electron chi connectivity index (χ4n) is 1.57. The van der Waals surface area contributed by atoms with Crippen LogP contribution in [0, 0.1) is 0 Å².